The Hall–Kier alpha value is -1.85. The smallest absolute Gasteiger partial charge is 0.301 e. The van der Waals surface area contributed by atoms with Crippen molar-refractivity contribution < 1.29 is 9.21 Å². The Balaban J connectivity index is 2.41. The van der Waals surface area contributed by atoms with E-state index in [9.17, 15) is 4.79 Å². The zero-order valence-electron chi connectivity index (χ0n) is 12.7. The van der Waals surface area contributed by atoms with Gasteiger partial charge in [-0.3, -0.25) is 15.1 Å². The third-order valence-electron chi connectivity index (χ3n) is 3.50. The molecule has 5 nitrogen and oxygen atoms in total. The normalized spacial score (nSPS) is 11.2. The van der Waals surface area contributed by atoms with Gasteiger partial charge >= 0.3 is 5.91 Å². The molecule has 0 radical (unpaired) electrons. The monoisotopic (exact) mass is 289 g/mol. The number of amides is 1. The minimum Gasteiger partial charge on any atom is -0.451 e. The molecule has 3 N–H and O–H groups in total. The lowest BCUT2D eigenvalue weighted by atomic mass is 10.1. The van der Waals surface area contributed by atoms with E-state index in [4.69, 9.17) is 10.3 Å². The van der Waals surface area contributed by atoms with Crippen LogP contribution in [0.2, 0.25) is 0 Å². The quantitative estimate of drug-likeness (QED) is 0.467. The van der Waals surface area contributed by atoms with Crippen LogP contribution < -0.4 is 11.3 Å². The number of nitrogens with zero attached hydrogens (tertiary/aromatic N) is 1. The van der Waals surface area contributed by atoms with Crippen LogP contribution in [0.1, 0.15) is 42.8 Å². The third-order valence-corrected chi connectivity index (χ3v) is 3.50. The van der Waals surface area contributed by atoms with Crippen molar-refractivity contribution >= 4 is 16.9 Å². The summed E-state index contributed by atoms with van der Waals surface area (Å²) in [6.45, 7) is 7.00. The highest BCUT2D eigenvalue weighted by Crippen LogP contribution is 2.27. The molecule has 0 unspecified atom stereocenters. The first-order valence-electron chi connectivity index (χ1n) is 7.44. The molecule has 0 bridgehead atoms. The van der Waals surface area contributed by atoms with Crippen LogP contribution in [0.5, 0.6) is 0 Å². The summed E-state index contributed by atoms with van der Waals surface area (Å²) in [6, 6.07) is 7.71. The molecular weight excluding hydrogens is 266 g/mol. The Morgan fingerprint density at radius 1 is 1.24 bits per heavy atom. The highest BCUT2D eigenvalue weighted by molar-refractivity contribution is 5.98. The average Bonchev–Trinajstić information content (AvgIpc) is 2.86. The van der Waals surface area contributed by atoms with Gasteiger partial charge in [-0.15, -0.1) is 0 Å². The standard InChI is InChI=1S/C16H23N3O2/c1-3-9-19(10-4-2)11-13-12-7-5-6-8-14(12)21-15(13)16(20)18-17/h5-8H,3-4,9-11,17H2,1-2H3,(H,18,20). The van der Waals surface area contributed by atoms with E-state index in [1.165, 1.54) is 0 Å². The van der Waals surface area contributed by atoms with Gasteiger partial charge in [0.05, 0.1) is 0 Å². The highest BCUT2D eigenvalue weighted by Gasteiger charge is 2.21. The minimum absolute atomic E-state index is 0.316. The van der Waals surface area contributed by atoms with Crippen molar-refractivity contribution in [3.8, 4) is 0 Å². The molecule has 2 rings (SSSR count). The van der Waals surface area contributed by atoms with Gasteiger partial charge in [0.2, 0.25) is 0 Å². The SMILES string of the molecule is CCCN(CCC)Cc1c(C(=O)NN)oc2ccccc12. The summed E-state index contributed by atoms with van der Waals surface area (Å²) < 4.78 is 5.69. The fourth-order valence-electron chi connectivity index (χ4n) is 2.63. The number of furan rings is 1. The van der Waals surface area contributed by atoms with E-state index < -0.39 is 0 Å². The number of hydrazine groups is 1. The van der Waals surface area contributed by atoms with Gasteiger partial charge in [0.25, 0.3) is 0 Å². The van der Waals surface area contributed by atoms with Gasteiger partial charge < -0.3 is 4.42 Å². The molecule has 0 aliphatic rings. The van der Waals surface area contributed by atoms with Gasteiger partial charge in [0, 0.05) is 17.5 Å². The molecule has 0 aliphatic heterocycles. The number of hydrogen-bond donors (Lipinski definition) is 2. The van der Waals surface area contributed by atoms with Crippen molar-refractivity contribution in [2.24, 2.45) is 5.84 Å². The molecule has 0 saturated heterocycles. The number of nitrogens with two attached hydrogens (primary N) is 1. The Morgan fingerprint density at radius 3 is 2.52 bits per heavy atom. The second-order valence-electron chi connectivity index (χ2n) is 5.16. The topological polar surface area (TPSA) is 71.5 Å². The summed E-state index contributed by atoms with van der Waals surface area (Å²) in [5.41, 5.74) is 3.80. The molecule has 0 saturated carbocycles. The van der Waals surface area contributed by atoms with Gasteiger partial charge in [0.1, 0.15) is 5.58 Å². The number of nitrogens with one attached hydrogen (secondary N) is 1. The molecule has 1 aromatic heterocycles. The third kappa shape index (κ3) is 3.43. The highest BCUT2D eigenvalue weighted by atomic mass is 16.3. The van der Waals surface area contributed by atoms with Crippen molar-refractivity contribution in [3.63, 3.8) is 0 Å². The van der Waals surface area contributed by atoms with Crippen LogP contribution in [0.4, 0.5) is 0 Å². The van der Waals surface area contributed by atoms with E-state index >= 15 is 0 Å². The molecule has 1 aromatic carbocycles. The maximum Gasteiger partial charge on any atom is 0.301 e. The molecule has 114 valence electrons. The van der Waals surface area contributed by atoms with E-state index in [1.54, 1.807) is 0 Å². The predicted octanol–water partition coefficient (Wildman–Crippen LogP) is 2.66. The molecule has 0 fully saturated rings. The van der Waals surface area contributed by atoms with E-state index in [0.717, 1.165) is 42.5 Å². The first kappa shape index (κ1) is 15.5. The molecule has 0 spiro atoms. The lowest BCUT2D eigenvalue weighted by Crippen LogP contribution is -2.31. The van der Waals surface area contributed by atoms with Crippen molar-refractivity contribution in [1.29, 1.82) is 0 Å². The van der Waals surface area contributed by atoms with Crippen LogP contribution in [0.15, 0.2) is 28.7 Å². The maximum absolute atomic E-state index is 12.0. The number of benzene rings is 1. The lowest BCUT2D eigenvalue weighted by molar-refractivity contribution is 0.0925. The fourth-order valence-corrected chi connectivity index (χ4v) is 2.63. The molecule has 2 aromatic rings. The number of carbonyl (C=O) groups is 1. The van der Waals surface area contributed by atoms with Gasteiger partial charge in [-0.05, 0) is 32.0 Å². The zero-order valence-corrected chi connectivity index (χ0v) is 12.7. The van der Waals surface area contributed by atoms with Crippen molar-refractivity contribution in [2.45, 2.75) is 33.2 Å². The van der Waals surface area contributed by atoms with Crippen LogP contribution in [-0.2, 0) is 6.54 Å². The Morgan fingerprint density at radius 2 is 1.90 bits per heavy atom. The molecule has 21 heavy (non-hydrogen) atoms. The second-order valence-corrected chi connectivity index (χ2v) is 5.16. The van der Waals surface area contributed by atoms with Crippen molar-refractivity contribution in [1.82, 2.24) is 10.3 Å². The lowest BCUT2D eigenvalue weighted by Gasteiger charge is -2.20. The first-order valence-corrected chi connectivity index (χ1v) is 7.44. The van der Waals surface area contributed by atoms with Crippen LogP contribution >= 0.6 is 0 Å². The average molecular weight is 289 g/mol. The second kappa shape index (κ2) is 7.24. The number of hydrogen-bond acceptors (Lipinski definition) is 4. The minimum atomic E-state index is -0.380. The van der Waals surface area contributed by atoms with Crippen molar-refractivity contribution in [2.75, 3.05) is 13.1 Å². The van der Waals surface area contributed by atoms with Crippen molar-refractivity contribution in [3.05, 3.63) is 35.6 Å². The zero-order chi connectivity index (χ0) is 15.2. The summed E-state index contributed by atoms with van der Waals surface area (Å²) >= 11 is 0. The summed E-state index contributed by atoms with van der Waals surface area (Å²) in [4.78, 5) is 14.3. The molecule has 5 heteroatoms. The molecular formula is C16H23N3O2. The molecule has 1 amide bonds. The predicted molar refractivity (Wildman–Crippen MR) is 83.7 cm³/mol. The van der Waals surface area contributed by atoms with Crippen LogP contribution in [0.3, 0.4) is 0 Å². The van der Waals surface area contributed by atoms with Crippen LogP contribution in [0.25, 0.3) is 11.0 Å². The number of carbonyl (C=O) groups excluding carboxylic acids is 1. The van der Waals surface area contributed by atoms with Gasteiger partial charge in [-0.2, -0.15) is 0 Å². The van der Waals surface area contributed by atoms with Gasteiger partial charge in [0.15, 0.2) is 5.76 Å². The van der Waals surface area contributed by atoms with Crippen LogP contribution in [-0.4, -0.2) is 23.9 Å². The summed E-state index contributed by atoms with van der Waals surface area (Å²) in [5.74, 6) is 5.21. The first-order chi connectivity index (χ1) is 10.2. The fraction of sp³-hybridized carbons (Fsp3) is 0.438. The van der Waals surface area contributed by atoms with E-state index in [2.05, 4.69) is 24.2 Å². The summed E-state index contributed by atoms with van der Waals surface area (Å²) in [7, 11) is 0. The number of nitrogen functional groups attached to an aromatic ring is 1. The summed E-state index contributed by atoms with van der Waals surface area (Å²) in [5, 5.41) is 0.980. The molecule has 1 heterocycles. The number of fused-ring (bicyclic) bond motifs is 1. The molecule has 0 aliphatic carbocycles. The number of rotatable bonds is 7. The van der Waals surface area contributed by atoms with Crippen LogP contribution in [0, 0.1) is 0 Å². The largest absolute Gasteiger partial charge is 0.451 e. The van der Waals surface area contributed by atoms with E-state index in [0.29, 0.717) is 12.3 Å². The van der Waals surface area contributed by atoms with Gasteiger partial charge in [-0.1, -0.05) is 32.0 Å². The van der Waals surface area contributed by atoms with E-state index in [-0.39, 0.29) is 5.91 Å². The summed E-state index contributed by atoms with van der Waals surface area (Å²) in [6.07, 6.45) is 2.16. The van der Waals surface area contributed by atoms with Gasteiger partial charge in [-0.25, -0.2) is 5.84 Å². The maximum atomic E-state index is 12.0. The number of para-hydroxylation sites is 1. The Kier molecular flexibility index (Phi) is 5.36. The Bertz CT molecular complexity index is 601. The Labute approximate surface area is 125 Å². The molecule has 0 atom stereocenters. The van der Waals surface area contributed by atoms with E-state index in [1.807, 2.05) is 24.3 Å².